The summed E-state index contributed by atoms with van der Waals surface area (Å²) in [7, 11) is -3.19. The van der Waals surface area contributed by atoms with Crippen molar-refractivity contribution in [1.29, 1.82) is 0 Å². The van der Waals surface area contributed by atoms with Crippen molar-refractivity contribution in [3.05, 3.63) is 35.6 Å². The number of unbranched alkanes of at least 4 members (excludes halogenated alkanes) is 6. The molecule has 0 spiro atoms. The van der Waals surface area contributed by atoms with E-state index in [1.54, 1.807) is 12.1 Å². The minimum atomic E-state index is -3.19. The molecule has 0 aliphatic carbocycles. The Labute approximate surface area is 122 Å². The van der Waals surface area contributed by atoms with Gasteiger partial charge in [-0.2, -0.15) is 0 Å². The average Bonchev–Trinajstić information content (AvgIpc) is 2.40. The molecule has 2 nitrogen and oxygen atoms in total. The van der Waals surface area contributed by atoms with E-state index in [4.69, 9.17) is 0 Å². The molecule has 0 amide bonds. The Bertz CT molecular complexity index is 483. The van der Waals surface area contributed by atoms with Gasteiger partial charge in [-0.05, 0) is 12.5 Å². The zero-order valence-corrected chi connectivity index (χ0v) is 13.1. The number of hydrogen-bond acceptors (Lipinski definition) is 2. The smallest absolute Gasteiger partial charge is 0.154 e. The molecule has 0 bridgehead atoms. The number of halogens is 1. The second-order valence-electron chi connectivity index (χ2n) is 5.30. The van der Waals surface area contributed by atoms with Gasteiger partial charge in [-0.25, -0.2) is 12.8 Å². The molecule has 0 saturated carbocycles. The van der Waals surface area contributed by atoms with Crippen molar-refractivity contribution >= 4 is 9.84 Å². The van der Waals surface area contributed by atoms with E-state index in [1.807, 2.05) is 0 Å². The second kappa shape index (κ2) is 9.11. The van der Waals surface area contributed by atoms with E-state index in [1.165, 1.54) is 37.8 Å². The maximum Gasteiger partial charge on any atom is 0.154 e. The van der Waals surface area contributed by atoms with E-state index < -0.39 is 15.7 Å². The molecule has 4 heteroatoms. The van der Waals surface area contributed by atoms with E-state index in [-0.39, 0.29) is 17.1 Å². The van der Waals surface area contributed by atoms with Gasteiger partial charge in [0, 0.05) is 5.56 Å². The lowest BCUT2D eigenvalue weighted by Crippen LogP contribution is -2.10. The molecule has 0 radical (unpaired) electrons. The summed E-state index contributed by atoms with van der Waals surface area (Å²) in [5.74, 6) is -0.458. The molecule has 0 atom stereocenters. The van der Waals surface area contributed by atoms with Crippen molar-refractivity contribution in [3.8, 4) is 0 Å². The van der Waals surface area contributed by atoms with E-state index in [0.717, 1.165) is 12.8 Å². The maximum atomic E-state index is 13.4. The summed E-state index contributed by atoms with van der Waals surface area (Å²) in [4.78, 5) is 0. The number of rotatable bonds is 10. The normalized spacial score (nSPS) is 11.7. The first kappa shape index (κ1) is 17.2. The Kier molecular flexibility index (Phi) is 7.82. The van der Waals surface area contributed by atoms with Crippen LogP contribution in [-0.4, -0.2) is 14.2 Å². The molecule has 1 aromatic rings. The van der Waals surface area contributed by atoms with Gasteiger partial charge in [-0.15, -0.1) is 0 Å². The molecule has 0 heterocycles. The Hall–Kier alpha value is -0.900. The van der Waals surface area contributed by atoms with E-state index in [9.17, 15) is 12.8 Å². The Morgan fingerprint density at radius 1 is 0.950 bits per heavy atom. The minimum absolute atomic E-state index is 0.162. The van der Waals surface area contributed by atoms with Crippen molar-refractivity contribution in [3.63, 3.8) is 0 Å². The summed E-state index contributed by atoms with van der Waals surface area (Å²) in [6.45, 7) is 2.18. The highest BCUT2D eigenvalue weighted by atomic mass is 32.2. The van der Waals surface area contributed by atoms with Crippen molar-refractivity contribution < 1.29 is 12.8 Å². The molecule has 20 heavy (non-hydrogen) atoms. The van der Waals surface area contributed by atoms with Crippen LogP contribution in [0.4, 0.5) is 4.39 Å². The molecule has 0 aliphatic heterocycles. The highest BCUT2D eigenvalue weighted by Crippen LogP contribution is 2.13. The number of sulfone groups is 1. The molecular formula is C16H25FO2S. The van der Waals surface area contributed by atoms with E-state index in [0.29, 0.717) is 6.42 Å². The quantitative estimate of drug-likeness (QED) is 0.597. The standard InChI is InChI=1S/C16H25FO2S/c1-2-3-4-5-6-7-10-13-20(18,19)14-15-11-8-9-12-16(15)17/h8-9,11-12H,2-7,10,13-14H2,1H3. The molecule has 0 aliphatic rings. The zero-order chi connectivity index (χ0) is 14.8. The summed E-state index contributed by atoms with van der Waals surface area (Å²) >= 11 is 0. The van der Waals surface area contributed by atoms with Crippen LogP contribution in [-0.2, 0) is 15.6 Å². The van der Waals surface area contributed by atoms with Gasteiger partial charge in [0.25, 0.3) is 0 Å². The zero-order valence-electron chi connectivity index (χ0n) is 12.3. The summed E-state index contributed by atoms with van der Waals surface area (Å²) in [6, 6.07) is 6.08. The van der Waals surface area contributed by atoms with Gasteiger partial charge in [0.2, 0.25) is 0 Å². The van der Waals surface area contributed by atoms with Crippen molar-refractivity contribution in [1.82, 2.24) is 0 Å². The lowest BCUT2D eigenvalue weighted by atomic mass is 10.1. The molecule has 114 valence electrons. The molecule has 0 aromatic heterocycles. The molecule has 0 N–H and O–H groups in total. The van der Waals surface area contributed by atoms with Crippen molar-refractivity contribution in [2.75, 3.05) is 5.75 Å². The van der Waals surface area contributed by atoms with Crippen LogP contribution < -0.4 is 0 Å². The number of hydrogen-bond donors (Lipinski definition) is 0. The van der Waals surface area contributed by atoms with Crippen LogP contribution in [0.15, 0.2) is 24.3 Å². The van der Waals surface area contributed by atoms with Crippen molar-refractivity contribution in [2.24, 2.45) is 0 Å². The van der Waals surface area contributed by atoms with Gasteiger partial charge in [0.1, 0.15) is 5.82 Å². The predicted molar refractivity (Wildman–Crippen MR) is 81.9 cm³/mol. The summed E-state index contributed by atoms with van der Waals surface area (Å²) in [5.41, 5.74) is 0.274. The summed E-state index contributed by atoms with van der Waals surface area (Å²) in [5, 5.41) is 0. The van der Waals surface area contributed by atoms with Crippen LogP contribution in [0.3, 0.4) is 0 Å². The highest BCUT2D eigenvalue weighted by Gasteiger charge is 2.14. The van der Waals surface area contributed by atoms with Crippen LogP contribution in [0.25, 0.3) is 0 Å². The lowest BCUT2D eigenvalue weighted by Gasteiger charge is -2.05. The van der Waals surface area contributed by atoms with Gasteiger partial charge in [-0.3, -0.25) is 0 Å². The van der Waals surface area contributed by atoms with Gasteiger partial charge in [0.15, 0.2) is 9.84 Å². The van der Waals surface area contributed by atoms with Crippen LogP contribution in [0.2, 0.25) is 0 Å². The highest BCUT2D eigenvalue weighted by molar-refractivity contribution is 7.90. The van der Waals surface area contributed by atoms with Gasteiger partial charge in [0.05, 0.1) is 11.5 Å². The molecule has 1 rings (SSSR count). The Morgan fingerprint density at radius 2 is 1.55 bits per heavy atom. The third kappa shape index (κ3) is 7.04. The lowest BCUT2D eigenvalue weighted by molar-refractivity contribution is 0.574. The van der Waals surface area contributed by atoms with E-state index in [2.05, 4.69) is 6.92 Å². The first-order valence-electron chi connectivity index (χ1n) is 7.49. The van der Waals surface area contributed by atoms with Gasteiger partial charge in [-0.1, -0.05) is 63.6 Å². The summed E-state index contributed by atoms with van der Waals surface area (Å²) < 4.78 is 37.3. The topological polar surface area (TPSA) is 34.1 Å². The fourth-order valence-electron chi connectivity index (χ4n) is 2.20. The molecule has 0 fully saturated rings. The first-order chi connectivity index (χ1) is 9.55. The monoisotopic (exact) mass is 300 g/mol. The third-order valence-corrected chi connectivity index (χ3v) is 5.05. The molecule has 0 saturated heterocycles. The molecule has 0 unspecified atom stereocenters. The number of benzene rings is 1. The van der Waals surface area contributed by atoms with Crippen molar-refractivity contribution in [2.45, 2.75) is 57.6 Å². The Balaban J connectivity index is 2.27. The first-order valence-corrected chi connectivity index (χ1v) is 9.31. The van der Waals surface area contributed by atoms with Crippen LogP contribution in [0.1, 0.15) is 57.4 Å². The SMILES string of the molecule is CCCCCCCCCS(=O)(=O)Cc1ccccc1F. The van der Waals surface area contributed by atoms with Crippen LogP contribution in [0.5, 0.6) is 0 Å². The fraction of sp³-hybridized carbons (Fsp3) is 0.625. The second-order valence-corrected chi connectivity index (χ2v) is 7.49. The van der Waals surface area contributed by atoms with E-state index >= 15 is 0 Å². The van der Waals surface area contributed by atoms with Crippen LogP contribution >= 0.6 is 0 Å². The molecular weight excluding hydrogens is 275 g/mol. The largest absolute Gasteiger partial charge is 0.228 e. The molecule has 1 aromatic carbocycles. The average molecular weight is 300 g/mol. The Morgan fingerprint density at radius 3 is 2.20 bits per heavy atom. The minimum Gasteiger partial charge on any atom is -0.228 e. The summed E-state index contributed by atoms with van der Waals surface area (Å²) in [6.07, 6.45) is 7.61. The third-order valence-electron chi connectivity index (χ3n) is 3.39. The fourth-order valence-corrected chi connectivity index (χ4v) is 3.70. The maximum absolute atomic E-state index is 13.4. The van der Waals surface area contributed by atoms with Gasteiger partial charge < -0.3 is 0 Å². The van der Waals surface area contributed by atoms with Crippen LogP contribution in [0, 0.1) is 5.82 Å². The van der Waals surface area contributed by atoms with Gasteiger partial charge >= 0.3 is 0 Å². The predicted octanol–water partition coefficient (Wildman–Crippen LogP) is 4.49.